The van der Waals surface area contributed by atoms with E-state index in [2.05, 4.69) is 16.2 Å². The molecule has 1 fully saturated rings. The Balaban J connectivity index is 1.54. The van der Waals surface area contributed by atoms with Gasteiger partial charge in [-0.05, 0) is 18.1 Å². The van der Waals surface area contributed by atoms with E-state index < -0.39 is 0 Å². The first-order valence-electron chi connectivity index (χ1n) is 7.19. The summed E-state index contributed by atoms with van der Waals surface area (Å²) in [5.74, 6) is 4.65. The van der Waals surface area contributed by atoms with Crippen LogP contribution < -0.4 is 10.5 Å². The fraction of sp³-hybridized carbons (Fsp3) is 0.467. The summed E-state index contributed by atoms with van der Waals surface area (Å²) in [6, 6.07) is 8.23. The molecule has 0 radical (unpaired) electrons. The van der Waals surface area contributed by atoms with E-state index in [4.69, 9.17) is 15.0 Å². The van der Waals surface area contributed by atoms with Crippen LogP contribution in [0.4, 0.5) is 0 Å². The van der Waals surface area contributed by atoms with Gasteiger partial charge in [0.15, 0.2) is 5.82 Å². The number of para-hydroxylation sites is 1. The van der Waals surface area contributed by atoms with Crippen molar-refractivity contribution in [2.75, 3.05) is 18.1 Å². The number of fused-ring (bicyclic) bond motifs is 1. The molecule has 0 bridgehead atoms. The fourth-order valence-electron chi connectivity index (χ4n) is 2.88. The SMILES string of the molecule is NC1CSCC1c1nc(C2COc3ccccc3C2)no1. The average molecular weight is 303 g/mol. The van der Waals surface area contributed by atoms with E-state index >= 15 is 0 Å². The average Bonchev–Trinajstić information content (AvgIpc) is 3.15. The first-order chi connectivity index (χ1) is 10.3. The van der Waals surface area contributed by atoms with Crippen molar-refractivity contribution in [1.29, 1.82) is 0 Å². The summed E-state index contributed by atoms with van der Waals surface area (Å²) in [5, 5.41) is 4.16. The lowest BCUT2D eigenvalue weighted by Crippen LogP contribution is -2.27. The molecule has 5 nitrogen and oxygen atoms in total. The van der Waals surface area contributed by atoms with Crippen LogP contribution in [0.2, 0.25) is 0 Å². The van der Waals surface area contributed by atoms with Gasteiger partial charge in [-0.15, -0.1) is 0 Å². The summed E-state index contributed by atoms with van der Waals surface area (Å²) >= 11 is 1.84. The van der Waals surface area contributed by atoms with Crippen molar-refractivity contribution < 1.29 is 9.26 Å². The smallest absolute Gasteiger partial charge is 0.232 e. The van der Waals surface area contributed by atoms with Crippen LogP contribution in [-0.4, -0.2) is 34.3 Å². The fourth-order valence-corrected chi connectivity index (χ4v) is 4.17. The van der Waals surface area contributed by atoms with Crippen molar-refractivity contribution in [2.45, 2.75) is 24.3 Å². The van der Waals surface area contributed by atoms with E-state index in [0.29, 0.717) is 12.5 Å². The van der Waals surface area contributed by atoms with Gasteiger partial charge in [0.25, 0.3) is 0 Å². The molecular weight excluding hydrogens is 286 g/mol. The van der Waals surface area contributed by atoms with Gasteiger partial charge >= 0.3 is 0 Å². The molecule has 0 spiro atoms. The molecule has 0 amide bonds. The predicted molar refractivity (Wildman–Crippen MR) is 80.7 cm³/mol. The summed E-state index contributed by atoms with van der Waals surface area (Å²) in [6.45, 7) is 0.599. The van der Waals surface area contributed by atoms with Gasteiger partial charge in [-0.1, -0.05) is 23.4 Å². The van der Waals surface area contributed by atoms with Gasteiger partial charge in [-0.3, -0.25) is 0 Å². The van der Waals surface area contributed by atoms with Crippen LogP contribution in [0.3, 0.4) is 0 Å². The van der Waals surface area contributed by atoms with Gasteiger partial charge < -0.3 is 15.0 Å². The molecule has 4 rings (SSSR count). The topological polar surface area (TPSA) is 74.2 Å². The molecule has 0 saturated carbocycles. The highest BCUT2D eigenvalue weighted by atomic mass is 32.2. The number of aromatic nitrogens is 2. The lowest BCUT2D eigenvalue weighted by atomic mass is 9.96. The quantitative estimate of drug-likeness (QED) is 0.914. The van der Waals surface area contributed by atoms with E-state index in [9.17, 15) is 0 Å². The van der Waals surface area contributed by atoms with Crippen molar-refractivity contribution in [3.05, 3.63) is 41.5 Å². The summed E-state index contributed by atoms with van der Waals surface area (Å²) in [4.78, 5) is 4.59. The molecule has 1 saturated heterocycles. The van der Waals surface area contributed by atoms with Crippen LogP contribution >= 0.6 is 11.8 Å². The zero-order valence-corrected chi connectivity index (χ0v) is 12.4. The minimum atomic E-state index is 0.117. The number of ether oxygens (including phenoxy) is 1. The molecule has 1 aromatic carbocycles. The van der Waals surface area contributed by atoms with E-state index in [1.165, 1.54) is 5.56 Å². The zero-order valence-electron chi connectivity index (χ0n) is 11.6. The number of nitrogens with two attached hydrogens (primary N) is 1. The van der Waals surface area contributed by atoms with Crippen LogP contribution in [0.15, 0.2) is 28.8 Å². The Morgan fingerprint density at radius 3 is 3.00 bits per heavy atom. The Hall–Kier alpha value is -1.53. The maximum Gasteiger partial charge on any atom is 0.232 e. The normalized spacial score (nSPS) is 28.1. The molecule has 3 unspecified atom stereocenters. The van der Waals surface area contributed by atoms with Crippen LogP contribution in [0, 0.1) is 0 Å². The van der Waals surface area contributed by atoms with Gasteiger partial charge in [-0.25, -0.2) is 0 Å². The maximum absolute atomic E-state index is 6.09. The molecule has 6 heteroatoms. The highest BCUT2D eigenvalue weighted by molar-refractivity contribution is 7.99. The Morgan fingerprint density at radius 2 is 2.14 bits per heavy atom. The second kappa shape index (κ2) is 5.35. The van der Waals surface area contributed by atoms with E-state index in [-0.39, 0.29) is 17.9 Å². The van der Waals surface area contributed by atoms with Crippen molar-refractivity contribution in [3.8, 4) is 5.75 Å². The van der Waals surface area contributed by atoms with Crippen molar-refractivity contribution >= 4 is 11.8 Å². The van der Waals surface area contributed by atoms with Crippen molar-refractivity contribution in [1.82, 2.24) is 10.1 Å². The third-order valence-electron chi connectivity index (χ3n) is 4.14. The molecule has 2 aromatic rings. The number of benzene rings is 1. The number of hydrogen-bond acceptors (Lipinski definition) is 6. The summed E-state index contributed by atoms with van der Waals surface area (Å²) in [7, 11) is 0. The van der Waals surface area contributed by atoms with E-state index in [0.717, 1.165) is 29.5 Å². The van der Waals surface area contributed by atoms with Crippen LogP contribution in [-0.2, 0) is 6.42 Å². The molecule has 2 aliphatic rings. The molecule has 1 aromatic heterocycles. The van der Waals surface area contributed by atoms with Gasteiger partial charge in [0, 0.05) is 17.5 Å². The van der Waals surface area contributed by atoms with E-state index in [1.54, 1.807) is 0 Å². The summed E-state index contributed by atoms with van der Waals surface area (Å²) in [5.41, 5.74) is 7.29. The predicted octanol–water partition coefficient (Wildman–Crippen LogP) is 1.95. The monoisotopic (exact) mass is 303 g/mol. The van der Waals surface area contributed by atoms with Gasteiger partial charge in [0.1, 0.15) is 5.75 Å². The van der Waals surface area contributed by atoms with Gasteiger partial charge in [-0.2, -0.15) is 16.7 Å². The molecule has 21 heavy (non-hydrogen) atoms. The third-order valence-corrected chi connectivity index (χ3v) is 5.36. The zero-order chi connectivity index (χ0) is 14.2. The number of hydrogen-bond donors (Lipinski definition) is 1. The lowest BCUT2D eigenvalue weighted by Gasteiger charge is -2.22. The maximum atomic E-state index is 6.09. The summed E-state index contributed by atoms with van der Waals surface area (Å²) < 4.78 is 11.2. The Morgan fingerprint density at radius 1 is 1.24 bits per heavy atom. The molecular formula is C15H17N3O2S. The minimum absolute atomic E-state index is 0.117. The Kier molecular flexibility index (Phi) is 3.35. The molecule has 3 heterocycles. The number of rotatable bonds is 2. The van der Waals surface area contributed by atoms with Gasteiger partial charge in [0.05, 0.1) is 18.4 Å². The largest absolute Gasteiger partial charge is 0.493 e. The highest BCUT2D eigenvalue weighted by Gasteiger charge is 2.32. The number of nitrogens with zero attached hydrogens (tertiary/aromatic N) is 2. The van der Waals surface area contributed by atoms with Gasteiger partial charge in [0.2, 0.25) is 5.89 Å². The first-order valence-corrected chi connectivity index (χ1v) is 8.34. The molecule has 3 atom stereocenters. The minimum Gasteiger partial charge on any atom is -0.493 e. The van der Waals surface area contributed by atoms with Crippen LogP contribution in [0.25, 0.3) is 0 Å². The molecule has 0 aliphatic carbocycles. The highest BCUT2D eigenvalue weighted by Crippen LogP contribution is 2.34. The van der Waals surface area contributed by atoms with E-state index in [1.807, 2.05) is 30.0 Å². The van der Waals surface area contributed by atoms with Crippen molar-refractivity contribution in [2.24, 2.45) is 5.73 Å². The Labute approximate surface area is 127 Å². The van der Waals surface area contributed by atoms with Crippen molar-refractivity contribution in [3.63, 3.8) is 0 Å². The standard InChI is InChI=1S/C15H17N3O2S/c16-12-8-21-7-11(12)15-17-14(18-20-15)10-5-9-3-1-2-4-13(9)19-6-10/h1-4,10-12H,5-8,16H2. The summed E-state index contributed by atoms with van der Waals surface area (Å²) in [6.07, 6.45) is 0.890. The molecule has 2 aliphatic heterocycles. The van der Waals surface area contributed by atoms with Crippen LogP contribution in [0.1, 0.15) is 29.1 Å². The molecule has 110 valence electrons. The number of thioether (sulfide) groups is 1. The third kappa shape index (κ3) is 2.42. The molecule has 2 N–H and O–H groups in total. The Bertz CT molecular complexity index is 645. The lowest BCUT2D eigenvalue weighted by molar-refractivity contribution is 0.253. The second-order valence-corrected chi connectivity index (χ2v) is 6.69. The first kappa shape index (κ1) is 13.2. The second-order valence-electron chi connectivity index (χ2n) is 5.62. The van der Waals surface area contributed by atoms with Crippen LogP contribution in [0.5, 0.6) is 5.75 Å².